The van der Waals surface area contributed by atoms with Crippen molar-refractivity contribution in [1.82, 2.24) is 24.9 Å². The summed E-state index contributed by atoms with van der Waals surface area (Å²) in [6.07, 6.45) is 2.60. The highest BCUT2D eigenvalue weighted by molar-refractivity contribution is 5.84. The van der Waals surface area contributed by atoms with Crippen molar-refractivity contribution in [3.63, 3.8) is 0 Å². The van der Waals surface area contributed by atoms with Crippen molar-refractivity contribution < 1.29 is 14.3 Å². The summed E-state index contributed by atoms with van der Waals surface area (Å²) < 4.78 is 13.1. The standard InChI is InChI=1S/C20H25N5O3/c1-3-19(26)24(13-17-6-5-9-28-17)12-15-10-14-11-16(27-4-2)7-8-18(14)25-20(15)21-22-23-25/h7-8,10-11,17H,3-6,9,12-13H2,1-2H3. The van der Waals surface area contributed by atoms with Gasteiger partial charge in [-0.1, -0.05) is 6.92 Å². The number of hydrogen-bond acceptors (Lipinski definition) is 6. The van der Waals surface area contributed by atoms with Gasteiger partial charge in [0.15, 0.2) is 5.65 Å². The number of carbonyl (C=O) groups excluding carboxylic acids is 1. The lowest BCUT2D eigenvalue weighted by Crippen LogP contribution is -2.36. The first-order valence-corrected chi connectivity index (χ1v) is 9.85. The van der Waals surface area contributed by atoms with Crippen LogP contribution in [0.3, 0.4) is 0 Å². The SMILES string of the molecule is CCOc1ccc2c(c1)cc(CN(CC1CCCO1)C(=O)CC)c1nnnn12. The number of amides is 1. The maximum absolute atomic E-state index is 12.6. The van der Waals surface area contributed by atoms with Crippen molar-refractivity contribution in [1.29, 1.82) is 0 Å². The lowest BCUT2D eigenvalue weighted by Gasteiger charge is -2.25. The van der Waals surface area contributed by atoms with Crippen molar-refractivity contribution in [3.8, 4) is 5.75 Å². The highest BCUT2D eigenvalue weighted by Crippen LogP contribution is 2.25. The van der Waals surface area contributed by atoms with Gasteiger partial charge in [0.1, 0.15) is 5.75 Å². The van der Waals surface area contributed by atoms with Gasteiger partial charge in [0.25, 0.3) is 0 Å². The van der Waals surface area contributed by atoms with E-state index in [2.05, 4.69) is 21.6 Å². The fourth-order valence-corrected chi connectivity index (χ4v) is 3.73. The summed E-state index contributed by atoms with van der Waals surface area (Å²) in [4.78, 5) is 14.4. The molecule has 0 aliphatic carbocycles. The number of ether oxygens (including phenoxy) is 2. The molecule has 0 bridgehead atoms. The predicted molar refractivity (Wildman–Crippen MR) is 104 cm³/mol. The number of tetrazole rings is 1. The molecule has 8 heteroatoms. The Bertz CT molecular complexity index is 981. The van der Waals surface area contributed by atoms with Crippen LogP contribution in [0.1, 0.15) is 38.7 Å². The van der Waals surface area contributed by atoms with Gasteiger partial charge in [-0.3, -0.25) is 4.79 Å². The molecule has 1 aliphatic rings. The van der Waals surface area contributed by atoms with Gasteiger partial charge in [-0.05, 0) is 54.5 Å². The Morgan fingerprint density at radius 1 is 1.36 bits per heavy atom. The topological polar surface area (TPSA) is 81.9 Å². The second kappa shape index (κ2) is 8.10. The zero-order valence-corrected chi connectivity index (χ0v) is 16.3. The number of benzene rings is 1. The minimum Gasteiger partial charge on any atom is -0.494 e. The van der Waals surface area contributed by atoms with E-state index in [1.165, 1.54) is 0 Å². The lowest BCUT2D eigenvalue weighted by atomic mass is 10.1. The second-order valence-corrected chi connectivity index (χ2v) is 7.00. The van der Waals surface area contributed by atoms with Gasteiger partial charge in [-0.15, -0.1) is 5.10 Å². The van der Waals surface area contributed by atoms with Gasteiger partial charge >= 0.3 is 0 Å². The van der Waals surface area contributed by atoms with E-state index in [9.17, 15) is 4.79 Å². The molecule has 1 atom stereocenters. The van der Waals surface area contributed by atoms with Crippen LogP contribution in [0.4, 0.5) is 0 Å². The summed E-state index contributed by atoms with van der Waals surface area (Å²) in [6.45, 7) is 6.26. The molecule has 0 N–H and O–H groups in total. The van der Waals surface area contributed by atoms with Crippen LogP contribution in [0.15, 0.2) is 24.3 Å². The molecule has 28 heavy (non-hydrogen) atoms. The first-order chi connectivity index (χ1) is 13.7. The van der Waals surface area contributed by atoms with Crippen molar-refractivity contribution in [3.05, 3.63) is 29.8 Å². The maximum Gasteiger partial charge on any atom is 0.222 e. The molecular formula is C20H25N5O3. The van der Waals surface area contributed by atoms with Crippen molar-refractivity contribution in [2.45, 2.75) is 45.8 Å². The van der Waals surface area contributed by atoms with E-state index in [1.54, 1.807) is 4.52 Å². The lowest BCUT2D eigenvalue weighted by molar-refractivity contribution is -0.133. The Labute approximate surface area is 163 Å². The molecule has 1 amide bonds. The Kier molecular flexibility index (Phi) is 5.38. The molecule has 3 heterocycles. The van der Waals surface area contributed by atoms with E-state index < -0.39 is 0 Å². The van der Waals surface area contributed by atoms with E-state index in [4.69, 9.17) is 9.47 Å². The first kappa shape index (κ1) is 18.6. The summed E-state index contributed by atoms with van der Waals surface area (Å²) >= 11 is 0. The second-order valence-electron chi connectivity index (χ2n) is 7.00. The van der Waals surface area contributed by atoms with E-state index in [-0.39, 0.29) is 12.0 Å². The Morgan fingerprint density at radius 2 is 2.25 bits per heavy atom. The van der Waals surface area contributed by atoms with Crippen LogP contribution in [0, 0.1) is 0 Å². The smallest absolute Gasteiger partial charge is 0.222 e. The average Bonchev–Trinajstić information content (AvgIpc) is 3.39. The monoisotopic (exact) mass is 383 g/mol. The number of fused-ring (bicyclic) bond motifs is 3. The molecule has 3 aromatic rings. The number of rotatable bonds is 7. The summed E-state index contributed by atoms with van der Waals surface area (Å²) in [6, 6.07) is 7.90. The Balaban J connectivity index is 1.71. The van der Waals surface area contributed by atoms with Crippen molar-refractivity contribution in [2.24, 2.45) is 0 Å². The molecule has 1 aromatic carbocycles. The van der Waals surface area contributed by atoms with Crippen LogP contribution >= 0.6 is 0 Å². The van der Waals surface area contributed by atoms with E-state index in [0.29, 0.717) is 31.8 Å². The fraction of sp³-hybridized carbons (Fsp3) is 0.500. The molecule has 4 rings (SSSR count). The third-order valence-electron chi connectivity index (χ3n) is 5.09. The molecule has 8 nitrogen and oxygen atoms in total. The van der Waals surface area contributed by atoms with Crippen LogP contribution < -0.4 is 4.74 Å². The Hall–Kier alpha value is -2.74. The van der Waals surface area contributed by atoms with Gasteiger partial charge in [0, 0.05) is 37.1 Å². The third kappa shape index (κ3) is 3.64. The molecule has 1 aliphatic heterocycles. The normalized spacial score (nSPS) is 16.7. The van der Waals surface area contributed by atoms with E-state index >= 15 is 0 Å². The van der Waals surface area contributed by atoms with Crippen molar-refractivity contribution >= 4 is 22.5 Å². The summed E-state index contributed by atoms with van der Waals surface area (Å²) in [7, 11) is 0. The minimum absolute atomic E-state index is 0.101. The Morgan fingerprint density at radius 3 is 3.00 bits per heavy atom. The average molecular weight is 383 g/mol. The number of hydrogen-bond donors (Lipinski definition) is 0. The van der Waals surface area contributed by atoms with E-state index in [1.807, 2.05) is 36.9 Å². The number of carbonyl (C=O) groups is 1. The van der Waals surface area contributed by atoms with E-state index in [0.717, 1.165) is 41.7 Å². The van der Waals surface area contributed by atoms with Crippen LogP contribution in [-0.4, -0.2) is 56.7 Å². The molecular weight excluding hydrogens is 358 g/mol. The van der Waals surface area contributed by atoms with Crippen molar-refractivity contribution in [2.75, 3.05) is 19.8 Å². The summed E-state index contributed by atoms with van der Waals surface area (Å²) in [5, 5.41) is 13.2. The zero-order chi connectivity index (χ0) is 19.5. The summed E-state index contributed by atoms with van der Waals surface area (Å²) in [5.41, 5.74) is 2.48. The van der Waals surface area contributed by atoms with Gasteiger partial charge in [0.05, 0.1) is 18.2 Å². The van der Waals surface area contributed by atoms with Crippen LogP contribution in [0.2, 0.25) is 0 Å². The maximum atomic E-state index is 12.6. The van der Waals surface area contributed by atoms with Gasteiger partial charge in [-0.2, -0.15) is 4.52 Å². The molecule has 148 valence electrons. The molecule has 1 saturated heterocycles. The largest absolute Gasteiger partial charge is 0.494 e. The molecule has 1 unspecified atom stereocenters. The van der Waals surface area contributed by atoms with Crippen LogP contribution in [0.25, 0.3) is 16.6 Å². The third-order valence-corrected chi connectivity index (χ3v) is 5.09. The molecule has 0 radical (unpaired) electrons. The summed E-state index contributed by atoms with van der Waals surface area (Å²) in [5.74, 6) is 0.901. The minimum atomic E-state index is 0.101. The van der Waals surface area contributed by atoms with Gasteiger partial charge < -0.3 is 14.4 Å². The molecule has 1 fully saturated rings. The van der Waals surface area contributed by atoms with Crippen LogP contribution in [0.5, 0.6) is 5.75 Å². The molecule has 0 saturated carbocycles. The molecule has 0 spiro atoms. The van der Waals surface area contributed by atoms with Gasteiger partial charge in [-0.25, -0.2) is 0 Å². The number of pyridine rings is 1. The van der Waals surface area contributed by atoms with Crippen LogP contribution in [-0.2, 0) is 16.1 Å². The number of aromatic nitrogens is 4. The highest BCUT2D eigenvalue weighted by Gasteiger charge is 2.23. The highest BCUT2D eigenvalue weighted by atomic mass is 16.5. The fourth-order valence-electron chi connectivity index (χ4n) is 3.73. The quantitative estimate of drug-likeness (QED) is 0.624. The first-order valence-electron chi connectivity index (χ1n) is 9.85. The molecule has 2 aromatic heterocycles. The predicted octanol–water partition coefficient (Wildman–Crippen LogP) is 2.59. The zero-order valence-electron chi connectivity index (χ0n) is 16.3. The van der Waals surface area contributed by atoms with Gasteiger partial charge in [0.2, 0.25) is 5.91 Å². The number of nitrogens with zero attached hydrogens (tertiary/aromatic N) is 5.